The average molecular weight is 513 g/mol. The first-order chi connectivity index (χ1) is 17.2. The number of esters is 1. The molecule has 3 aromatic carbocycles. The molecule has 0 bridgehead atoms. The molecule has 0 heterocycles. The van der Waals surface area contributed by atoms with Crippen molar-refractivity contribution >= 4 is 33.3 Å². The van der Waals surface area contributed by atoms with Crippen molar-refractivity contribution in [2.24, 2.45) is 0 Å². The number of carbonyl (C=O) groups is 2. The van der Waals surface area contributed by atoms with Gasteiger partial charge in [-0.1, -0.05) is 23.8 Å². The highest BCUT2D eigenvalue weighted by Gasteiger charge is 2.30. The van der Waals surface area contributed by atoms with Crippen molar-refractivity contribution in [2.45, 2.75) is 18.7 Å². The first-order valence-electron chi connectivity index (χ1n) is 11.1. The number of methoxy groups -OCH3 is 2. The molecule has 0 aliphatic rings. The topological polar surface area (TPSA) is 111 Å². The number of rotatable bonds is 10. The van der Waals surface area contributed by atoms with Gasteiger partial charge in [-0.3, -0.25) is 9.10 Å². The van der Waals surface area contributed by atoms with Crippen LogP contribution in [0.2, 0.25) is 0 Å². The van der Waals surface area contributed by atoms with Gasteiger partial charge in [0.2, 0.25) is 5.91 Å². The van der Waals surface area contributed by atoms with Crippen LogP contribution in [0.25, 0.3) is 0 Å². The van der Waals surface area contributed by atoms with E-state index in [4.69, 9.17) is 14.2 Å². The highest BCUT2D eigenvalue weighted by atomic mass is 32.2. The summed E-state index contributed by atoms with van der Waals surface area (Å²) in [5.74, 6) is -0.477. The maximum Gasteiger partial charge on any atom is 0.338 e. The van der Waals surface area contributed by atoms with Gasteiger partial charge in [-0.15, -0.1) is 0 Å². The standard InChI is InChI=1S/C26H28N2O7S/c1-5-35-26(30)19-7-6-8-20(15-19)27-25(29)17-28(23-14-11-21(33-3)16-24(23)34-4)36(31,32)22-12-9-18(2)10-13-22/h6-16H,5,17H2,1-4H3,(H,27,29). The van der Waals surface area contributed by atoms with E-state index in [2.05, 4.69) is 5.32 Å². The van der Waals surface area contributed by atoms with E-state index in [1.165, 1.54) is 44.6 Å². The summed E-state index contributed by atoms with van der Waals surface area (Å²) in [6.45, 7) is 3.20. The molecule has 9 nitrogen and oxygen atoms in total. The molecule has 0 aliphatic heterocycles. The molecule has 1 N–H and O–H groups in total. The fourth-order valence-electron chi connectivity index (χ4n) is 3.40. The molecule has 0 aromatic heterocycles. The Morgan fingerprint density at radius 2 is 1.67 bits per heavy atom. The molecule has 1 amide bonds. The van der Waals surface area contributed by atoms with Crippen LogP contribution < -0.4 is 19.1 Å². The molecular weight excluding hydrogens is 484 g/mol. The van der Waals surface area contributed by atoms with Gasteiger partial charge in [-0.05, 0) is 56.3 Å². The van der Waals surface area contributed by atoms with Gasteiger partial charge in [0.05, 0.1) is 37.0 Å². The van der Waals surface area contributed by atoms with E-state index in [0.29, 0.717) is 11.4 Å². The van der Waals surface area contributed by atoms with Crippen molar-refractivity contribution in [2.75, 3.05) is 37.0 Å². The van der Waals surface area contributed by atoms with Crippen LogP contribution >= 0.6 is 0 Å². The molecule has 0 radical (unpaired) electrons. The summed E-state index contributed by atoms with van der Waals surface area (Å²) in [4.78, 5) is 25.1. The van der Waals surface area contributed by atoms with E-state index in [0.717, 1.165) is 9.87 Å². The number of amides is 1. The van der Waals surface area contributed by atoms with Crippen molar-refractivity contribution in [1.82, 2.24) is 0 Å². The molecule has 3 rings (SSSR count). The lowest BCUT2D eigenvalue weighted by Gasteiger charge is -2.26. The van der Waals surface area contributed by atoms with Crippen molar-refractivity contribution in [1.29, 1.82) is 0 Å². The number of aryl methyl sites for hydroxylation is 1. The minimum Gasteiger partial charge on any atom is -0.497 e. The molecule has 0 atom stereocenters. The summed E-state index contributed by atoms with van der Waals surface area (Å²) in [6, 6.07) is 17.1. The van der Waals surface area contributed by atoms with Gasteiger partial charge in [-0.2, -0.15) is 0 Å². The van der Waals surface area contributed by atoms with Crippen molar-refractivity contribution < 1.29 is 32.2 Å². The van der Waals surface area contributed by atoms with E-state index >= 15 is 0 Å². The second-order valence-corrected chi connectivity index (χ2v) is 9.57. The van der Waals surface area contributed by atoms with Crippen LogP contribution in [-0.2, 0) is 19.6 Å². The summed E-state index contributed by atoms with van der Waals surface area (Å²) in [6.07, 6.45) is 0. The van der Waals surface area contributed by atoms with Crippen LogP contribution in [0, 0.1) is 6.92 Å². The molecular formula is C26H28N2O7S. The minimum atomic E-state index is -4.16. The number of benzene rings is 3. The van der Waals surface area contributed by atoms with Crippen LogP contribution in [-0.4, -0.2) is 47.7 Å². The lowest BCUT2D eigenvalue weighted by Crippen LogP contribution is -2.38. The molecule has 0 unspecified atom stereocenters. The maximum atomic E-state index is 13.7. The van der Waals surface area contributed by atoms with Gasteiger partial charge >= 0.3 is 5.97 Å². The normalized spacial score (nSPS) is 10.9. The quantitative estimate of drug-likeness (QED) is 0.409. The zero-order valence-electron chi connectivity index (χ0n) is 20.5. The second-order valence-electron chi connectivity index (χ2n) is 7.71. The number of carbonyl (C=O) groups excluding carboxylic acids is 2. The monoisotopic (exact) mass is 512 g/mol. The highest BCUT2D eigenvalue weighted by molar-refractivity contribution is 7.92. The Morgan fingerprint density at radius 3 is 2.31 bits per heavy atom. The Hall–Kier alpha value is -4.05. The number of hydrogen-bond acceptors (Lipinski definition) is 7. The SMILES string of the molecule is CCOC(=O)c1cccc(NC(=O)CN(c2ccc(OC)cc2OC)S(=O)(=O)c2ccc(C)cc2)c1. The molecule has 3 aromatic rings. The van der Waals surface area contributed by atoms with Crippen LogP contribution in [0.1, 0.15) is 22.8 Å². The summed E-state index contributed by atoms with van der Waals surface area (Å²) < 4.78 is 43.9. The van der Waals surface area contributed by atoms with Crippen LogP contribution in [0.15, 0.2) is 71.6 Å². The zero-order chi connectivity index (χ0) is 26.3. The third-order valence-electron chi connectivity index (χ3n) is 5.21. The number of anilines is 2. The van der Waals surface area contributed by atoms with Gasteiger partial charge in [0, 0.05) is 11.8 Å². The smallest absolute Gasteiger partial charge is 0.338 e. The van der Waals surface area contributed by atoms with Crippen LogP contribution in [0.3, 0.4) is 0 Å². The molecule has 0 spiro atoms. The fraction of sp³-hybridized carbons (Fsp3) is 0.231. The van der Waals surface area contributed by atoms with Crippen molar-refractivity contribution in [3.05, 3.63) is 77.9 Å². The number of hydrogen-bond donors (Lipinski definition) is 1. The number of ether oxygens (including phenoxy) is 3. The van der Waals surface area contributed by atoms with E-state index in [-0.39, 0.29) is 28.5 Å². The lowest BCUT2D eigenvalue weighted by atomic mass is 10.2. The van der Waals surface area contributed by atoms with E-state index in [9.17, 15) is 18.0 Å². The number of nitrogens with zero attached hydrogens (tertiary/aromatic N) is 1. The number of sulfonamides is 1. The molecule has 0 fully saturated rings. The van der Waals surface area contributed by atoms with Gasteiger partial charge in [0.1, 0.15) is 18.0 Å². The predicted octanol–water partition coefficient (Wildman–Crippen LogP) is 4.02. The Morgan fingerprint density at radius 1 is 0.944 bits per heavy atom. The summed E-state index contributed by atoms with van der Waals surface area (Å²) in [5, 5.41) is 2.65. The third kappa shape index (κ3) is 6.14. The first-order valence-corrected chi connectivity index (χ1v) is 12.5. The zero-order valence-corrected chi connectivity index (χ0v) is 21.3. The highest BCUT2D eigenvalue weighted by Crippen LogP contribution is 2.35. The lowest BCUT2D eigenvalue weighted by molar-refractivity contribution is -0.114. The summed E-state index contributed by atoms with van der Waals surface area (Å²) >= 11 is 0. The Balaban J connectivity index is 1.98. The third-order valence-corrected chi connectivity index (χ3v) is 6.98. The molecule has 0 saturated heterocycles. The van der Waals surface area contributed by atoms with Gasteiger partial charge < -0.3 is 19.5 Å². The molecule has 0 saturated carbocycles. The van der Waals surface area contributed by atoms with E-state index in [1.54, 1.807) is 43.3 Å². The Labute approximate surface area is 210 Å². The van der Waals surface area contributed by atoms with Crippen LogP contribution in [0.4, 0.5) is 11.4 Å². The molecule has 36 heavy (non-hydrogen) atoms. The predicted molar refractivity (Wildman–Crippen MR) is 136 cm³/mol. The summed E-state index contributed by atoms with van der Waals surface area (Å²) in [5.41, 5.74) is 1.63. The largest absolute Gasteiger partial charge is 0.497 e. The van der Waals surface area contributed by atoms with Crippen LogP contribution in [0.5, 0.6) is 11.5 Å². The first kappa shape index (κ1) is 26.6. The fourth-order valence-corrected chi connectivity index (χ4v) is 4.83. The summed E-state index contributed by atoms with van der Waals surface area (Å²) in [7, 11) is -1.28. The van der Waals surface area contributed by atoms with E-state index in [1.807, 2.05) is 6.92 Å². The molecule has 10 heteroatoms. The maximum absolute atomic E-state index is 13.7. The van der Waals surface area contributed by atoms with Gasteiger partial charge in [-0.25, -0.2) is 13.2 Å². The van der Waals surface area contributed by atoms with Gasteiger partial charge in [0.25, 0.3) is 10.0 Å². The Bertz CT molecular complexity index is 1340. The van der Waals surface area contributed by atoms with Crippen molar-refractivity contribution in [3.8, 4) is 11.5 Å². The average Bonchev–Trinajstić information content (AvgIpc) is 2.87. The van der Waals surface area contributed by atoms with E-state index < -0.39 is 28.4 Å². The molecule has 0 aliphatic carbocycles. The second kappa shape index (κ2) is 11.6. The number of nitrogens with one attached hydrogen (secondary N) is 1. The van der Waals surface area contributed by atoms with Gasteiger partial charge in [0.15, 0.2) is 0 Å². The Kier molecular flexibility index (Phi) is 8.55. The molecule has 190 valence electrons. The minimum absolute atomic E-state index is 0.0167. The van der Waals surface area contributed by atoms with Crippen molar-refractivity contribution in [3.63, 3.8) is 0 Å².